The highest BCUT2D eigenvalue weighted by molar-refractivity contribution is 6.04. The third-order valence-electron chi connectivity index (χ3n) is 7.60. The predicted octanol–water partition coefficient (Wildman–Crippen LogP) is 5.84. The smallest absolute Gasteiger partial charge is 0.416 e. The van der Waals surface area contributed by atoms with Gasteiger partial charge in [0, 0.05) is 81.2 Å². The number of carbonyl (C=O) groups is 1. The fourth-order valence-electron chi connectivity index (χ4n) is 5.18. The molecule has 44 heavy (non-hydrogen) atoms. The molecule has 1 aliphatic heterocycles. The number of halogens is 3. The van der Waals surface area contributed by atoms with E-state index < -0.39 is 17.6 Å². The summed E-state index contributed by atoms with van der Waals surface area (Å²) in [7, 11) is 3.85. The van der Waals surface area contributed by atoms with Crippen molar-refractivity contribution in [2.24, 2.45) is 7.05 Å². The molecule has 1 saturated heterocycles. The van der Waals surface area contributed by atoms with Crippen LogP contribution in [0.3, 0.4) is 0 Å². The molecule has 4 heterocycles. The standard InChI is InChI=1S/C32H30F3N7O2/c1-40-14-16-42(17-15-40)20-23-7-6-22(18-26(23)32(33,34)35)30(43)37-24-4-3-5-25(19-24)44-31-28-27(10-13-41(28)2)38-29(39-31)21-8-11-36-12-9-21/h3-13,18-19H,14-17,20H2,1-2H3,(H,37,43). The van der Waals surface area contributed by atoms with Crippen LogP contribution in [0, 0.1) is 0 Å². The van der Waals surface area contributed by atoms with Gasteiger partial charge in [0.15, 0.2) is 5.82 Å². The van der Waals surface area contributed by atoms with Crippen molar-refractivity contribution in [1.29, 1.82) is 0 Å². The van der Waals surface area contributed by atoms with Crippen molar-refractivity contribution in [2.45, 2.75) is 12.7 Å². The number of amides is 1. The topological polar surface area (TPSA) is 88.4 Å². The molecule has 0 spiro atoms. The van der Waals surface area contributed by atoms with Crippen LogP contribution in [0.15, 0.2) is 79.3 Å². The second-order valence-corrected chi connectivity index (χ2v) is 10.8. The molecule has 5 aromatic rings. The molecule has 226 valence electrons. The number of ether oxygens (including phenoxy) is 1. The Bertz CT molecular complexity index is 1800. The van der Waals surface area contributed by atoms with Gasteiger partial charge in [-0.1, -0.05) is 12.1 Å². The van der Waals surface area contributed by atoms with Gasteiger partial charge in [0.2, 0.25) is 5.88 Å². The van der Waals surface area contributed by atoms with Crippen LogP contribution >= 0.6 is 0 Å². The lowest BCUT2D eigenvalue weighted by Gasteiger charge is -2.33. The van der Waals surface area contributed by atoms with E-state index in [1.165, 1.54) is 12.1 Å². The summed E-state index contributed by atoms with van der Waals surface area (Å²) in [6.45, 7) is 3.13. The number of hydrogen-bond donors (Lipinski definition) is 1. The van der Waals surface area contributed by atoms with Gasteiger partial charge < -0.3 is 19.5 Å². The molecule has 0 bridgehead atoms. The number of benzene rings is 2. The summed E-state index contributed by atoms with van der Waals surface area (Å²) in [6.07, 6.45) is 0.560. The first-order valence-corrected chi connectivity index (χ1v) is 14.1. The molecule has 0 aliphatic carbocycles. The number of carbonyl (C=O) groups excluding carboxylic acids is 1. The van der Waals surface area contributed by atoms with E-state index in [9.17, 15) is 18.0 Å². The van der Waals surface area contributed by atoms with Crippen LogP contribution < -0.4 is 10.1 Å². The van der Waals surface area contributed by atoms with Gasteiger partial charge in [0.1, 0.15) is 11.3 Å². The van der Waals surface area contributed by atoms with E-state index in [-0.39, 0.29) is 17.7 Å². The highest BCUT2D eigenvalue weighted by Gasteiger charge is 2.34. The number of rotatable bonds is 7. The quantitative estimate of drug-likeness (QED) is 0.251. The van der Waals surface area contributed by atoms with E-state index in [1.807, 2.05) is 35.8 Å². The van der Waals surface area contributed by atoms with Gasteiger partial charge in [-0.15, -0.1) is 0 Å². The van der Waals surface area contributed by atoms with Crippen molar-refractivity contribution in [3.05, 3.63) is 95.9 Å². The number of pyridine rings is 1. The van der Waals surface area contributed by atoms with Crippen LogP contribution in [-0.2, 0) is 19.8 Å². The van der Waals surface area contributed by atoms with Gasteiger partial charge >= 0.3 is 6.18 Å². The highest BCUT2D eigenvalue weighted by Crippen LogP contribution is 2.34. The lowest BCUT2D eigenvalue weighted by molar-refractivity contribution is -0.138. The molecule has 1 fully saturated rings. The average Bonchev–Trinajstić information content (AvgIpc) is 3.39. The summed E-state index contributed by atoms with van der Waals surface area (Å²) in [4.78, 5) is 30.6. The van der Waals surface area contributed by atoms with Crippen molar-refractivity contribution >= 4 is 22.6 Å². The van der Waals surface area contributed by atoms with Gasteiger partial charge in [-0.2, -0.15) is 18.2 Å². The van der Waals surface area contributed by atoms with Crippen molar-refractivity contribution in [2.75, 3.05) is 38.5 Å². The number of nitrogens with zero attached hydrogens (tertiary/aromatic N) is 6. The summed E-state index contributed by atoms with van der Waals surface area (Å²) in [5, 5.41) is 2.70. The van der Waals surface area contributed by atoms with E-state index in [1.54, 1.807) is 48.8 Å². The fourth-order valence-corrected chi connectivity index (χ4v) is 5.18. The number of alkyl halides is 3. The molecule has 0 radical (unpaired) electrons. The first kappa shape index (κ1) is 29.3. The van der Waals surface area contributed by atoms with Crippen LogP contribution in [0.4, 0.5) is 18.9 Å². The Balaban J connectivity index is 1.23. The second-order valence-electron chi connectivity index (χ2n) is 10.8. The summed E-state index contributed by atoms with van der Waals surface area (Å²) >= 11 is 0. The largest absolute Gasteiger partial charge is 0.437 e. The molecule has 6 rings (SSSR count). The molecule has 9 nitrogen and oxygen atoms in total. The summed E-state index contributed by atoms with van der Waals surface area (Å²) in [6, 6.07) is 15.8. The SMILES string of the molecule is CN1CCN(Cc2ccc(C(=O)Nc3cccc(Oc4nc(-c5ccncc5)nc5ccn(C)c45)c3)cc2C(F)(F)F)CC1. The Kier molecular flexibility index (Phi) is 8.02. The Labute approximate surface area is 251 Å². The molecular weight excluding hydrogens is 571 g/mol. The van der Waals surface area contributed by atoms with Crippen LogP contribution in [0.25, 0.3) is 22.4 Å². The number of aryl methyl sites for hydroxylation is 1. The number of hydrogen-bond acceptors (Lipinski definition) is 7. The number of anilines is 1. The molecule has 2 aromatic carbocycles. The monoisotopic (exact) mass is 601 g/mol. The minimum Gasteiger partial charge on any atom is -0.437 e. The number of piperazine rings is 1. The molecule has 0 saturated carbocycles. The number of fused-ring (bicyclic) bond motifs is 1. The van der Waals surface area contributed by atoms with Crippen LogP contribution in [-0.4, -0.2) is 68.5 Å². The first-order chi connectivity index (χ1) is 21.1. The van der Waals surface area contributed by atoms with Crippen LogP contribution in [0.5, 0.6) is 11.6 Å². The zero-order valence-electron chi connectivity index (χ0n) is 24.2. The van der Waals surface area contributed by atoms with Gasteiger partial charge in [0.05, 0.1) is 11.1 Å². The Morgan fingerprint density at radius 1 is 0.955 bits per heavy atom. The van der Waals surface area contributed by atoms with E-state index in [4.69, 9.17) is 4.74 Å². The molecular formula is C32H30F3N7O2. The van der Waals surface area contributed by atoms with Crippen molar-refractivity contribution in [3.8, 4) is 23.0 Å². The van der Waals surface area contributed by atoms with Crippen molar-refractivity contribution < 1.29 is 22.7 Å². The van der Waals surface area contributed by atoms with Crippen molar-refractivity contribution in [3.63, 3.8) is 0 Å². The lowest BCUT2D eigenvalue weighted by Crippen LogP contribution is -2.44. The predicted molar refractivity (Wildman–Crippen MR) is 160 cm³/mol. The lowest BCUT2D eigenvalue weighted by atomic mass is 10.0. The first-order valence-electron chi connectivity index (χ1n) is 14.1. The Hall–Kier alpha value is -4.81. The van der Waals surface area contributed by atoms with Gasteiger partial charge in [0.25, 0.3) is 5.91 Å². The number of likely N-dealkylation sites (N-methyl/N-ethyl adjacent to an activating group) is 1. The summed E-state index contributed by atoms with van der Waals surface area (Å²) in [5.41, 5.74) is 1.74. The van der Waals surface area contributed by atoms with E-state index in [2.05, 4.69) is 25.2 Å². The number of nitrogens with one attached hydrogen (secondary N) is 1. The average molecular weight is 602 g/mol. The third kappa shape index (κ3) is 6.41. The number of aromatic nitrogens is 4. The van der Waals surface area contributed by atoms with Gasteiger partial charge in [-0.25, -0.2) is 4.98 Å². The van der Waals surface area contributed by atoms with E-state index >= 15 is 0 Å². The zero-order chi connectivity index (χ0) is 30.8. The maximum absolute atomic E-state index is 14.1. The molecule has 1 amide bonds. The molecule has 1 aliphatic rings. The molecule has 0 unspecified atom stereocenters. The summed E-state index contributed by atoms with van der Waals surface area (Å²) in [5.74, 6) is 0.486. The molecule has 0 atom stereocenters. The fraction of sp³-hybridized carbons (Fsp3) is 0.250. The van der Waals surface area contributed by atoms with Gasteiger partial charge in [-0.3, -0.25) is 14.7 Å². The third-order valence-corrected chi connectivity index (χ3v) is 7.60. The Morgan fingerprint density at radius 2 is 1.73 bits per heavy atom. The molecule has 3 aromatic heterocycles. The molecule has 12 heteroatoms. The maximum atomic E-state index is 14.1. The van der Waals surface area contributed by atoms with E-state index in [0.717, 1.165) is 24.7 Å². The second kappa shape index (κ2) is 12.1. The Morgan fingerprint density at radius 3 is 2.48 bits per heavy atom. The maximum Gasteiger partial charge on any atom is 0.416 e. The normalized spacial score (nSPS) is 14.6. The van der Waals surface area contributed by atoms with Crippen molar-refractivity contribution in [1.82, 2.24) is 29.3 Å². The zero-order valence-corrected chi connectivity index (χ0v) is 24.2. The minimum atomic E-state index is -4.60. The summed E-state index contributed by atoms with van der Waals surface area (Å²) < 4.78 is 50.2. The van der Waals surface area contributed by atoms with E-state index in [0.29, 0.717) is 47.3 Å². The van der Waals surface area contributed by atoms with Gasteiger partial charge in [-0.05, 0) is 55.1 Å². The highest BCUT2D eigenvalue weighted by atomic mass is 19.4. The van der Waals surface area contributed by atoms with Crippen LogP contribution in [0.1, 0.15) is 21.5 Å². The minimum absolute atomic E-state index is 0.0888. The molecule has 1 N–H and O–H groups in total. The van der Waals surface area contributed by atoms with Crippen LogP contribution in [0.2, 0.25) is 0 Å².